The van der Waals surface area contributed by atoms with E-state index in [1.54, 1.807) is 0 Å². The summed E-state index contributed by atoms with van der Waals surface area (Å²) >= 11 is 0. The quantitative estimate of drug-likeness (QED) is 0.313. The summed E-state index contributed by atoms with van der Waals surface area (Å²) in [6.45, 7) is 8.53. The van der Waals surface area contributed by atoms with E-state index in [1.807, 2.05) is 0 Å². The zero-order valence-electron chi connectivity index (χ0n) is 15.7. The van der Waals surface area contributed by atoms with Gasteiger partial charge in [-0.1, -0.05) is 42.5 Å². The molecule has 0 radical (unpaired) electrons. The van der Waals surface area contributed by atoms with Crippen LogP contribution in [0, 0.1) is 5.92 Å². The van der Waals surface area contributed by atoms with Gasteiger partial charge in [0, 0.05) is 45.3 Å². The smallest absolute Gasteiger partial charge is 0.193 e. The Hall–Kier alpha value is -1.08. The number of guanidine groups is 1. The first kappa shape index (κ1) is 19.7. The summed E-state index contributed by atoms with van der Waals surface area (Å²) < 4.78 is 0. The minimum Gasteiger partial charge on any atom is -0.357 e. The van der Waals surface area contributed by atoms with Gasteiger partial charge in [0.05, 0.1) is 0 Å². The number of benzene rings is 1. The second-order valence-corrected chi connectivity index (χ2v) is 7.52. The van der Waals surface area contributed by atoms with Gasteiger partial charge in [0.1, 0.15) is 0 Å². The van der Waals surface area contributed by atoms with E-state index in [9.17, 15) is 0 Å². The topological polar surface area (TPSA) is 30.9 Å². The van der Waals surface area contributed by atoms with Crippen LogP contribution in [0.1, 0.15) is 31.2 Å². The highest BCUT2D eigenvalue weighted by atomic mass is 127. The molecule has 0 bridgehead atoms. The third-order valence-corrected chi connectivity index (χ3v) is 5.79. The highest BCUT2D eigenvalue weighted by molar-refractivity contribution is 14.0. The Morgan fingerprint density at radius 3 is 2.69 bits per heavy atom. The van der Waals surface area contributed by atoms with Crippen molar-refractivity contribution in [1.29, 1.82) is 0 Å². The fourth-order valence-electron chi connectivity index (χ4n) is 4.21. The van der Waals surface area contributed by atoms with Gasteiger partial charge < -0.3 is 10.2 Å². The highest BCUT2D eigenvalue weighted by Crippen LogP contribution is 2.47. The molecule has 2 heterocycles. The largest absolute Gasteiger partial charge is 0.357 e. The molecule has 5 heteroatoms. The molecule has 1 saturated heterocycles. The van der Waals surface area contributed by atoms with Crippen LogP contribution in [0.25, 0.3) is 0 Å². The van der Waals surface area contributed by atoms with Crippen LogP contribution < -0.4 is 5.32 Å². The van der Waals surface area contributed by atoms with E-state index in [2.05, 4.69) is 64.5 Å². The molecule has 4 nitrogen and oxygen atoms in total. The van der Waals surface area contributed by atoms with Crippen LogP contribution in [0.3, 0.4) is 0 Å². The minimum atomic E-state index is 0. The van der Waals surface area contributed by atoms with Gasteiger partial charge in [-0.15, -0.1) is 24.0 Å². The van der Waals surface area contributed by atoms with Crippen molar-refractivity contribution in [3.8, 4) is 0 Å². The van der Waals surface area contributed by atoms with Crippen LogP contribution in [0.5, 0.6) is 0 Å². The van der Waals surface area contributed by atoms with Gasteiger partial charge in [0.25, 0.3) is 0 Å². The standard InChI is InChI=1S/C21H30N4.HI/c1-2-22-21(25-13-10-19(16-25)24-11-6-7-12-24)23-15-18-14-20(18)17-8-4-3-5-9-17;/h3-9,18-20H,2,10-16H2,1H3,(H,22,23);1H. The third kappa shape index (κ3) is 4.60. The average molecular weight is 466 g/mol. The number of rotatable bonds is 5. The van der Waals surface area contributed by atoms with Gasteiger partial charge in [-0.05, 0) is 37.2 Å². The minimum absolute atomic E-state index is 0. The maximum absolute atomic E-state index is 4.99. The fraction of sp³-hybridized carbons (Fsp3) is 0.571. The Balaban J connectivity index is 0.00000196. The molecule has 142 valence electrons. The van der Waals surface area contributed by atoms with Crippen LogP contribution >= 0.6 is 24.0 Å². The van der Waals surface area contributed by atoms with Crippen molar-refractivity contribution >= 4 is 29.9 Å². The van der Waals surface area contributed by atoms with Gasteiger partial charge in [-0.25, -0.2) is 0 Å². The first-order valence-corrected chi connectivity index (χ1v) is 9.82. The lowest BCUT2D eigenvalue weighted by Gasteiger charge is -2.25. The molecule has 1 aliphatic carbocycles. The Labute approximate surface area is 174 Å². The van der Waals surface area contributed by atoms with Crippen LogP contribution in [0.4, 0.5) is 0 Å². The van der Waals surface area contributed by atoms with E-state index in [0.717, 1.165) is 57.1 Å². The summed E-state index contributed by atoms with van der Waals surface area (Å²) in [5.74, 6) is 2.56. The number of hydrogen-bond donors (Lipinski definition) is 1. The molecule has 0 aromatic heterocycles. The van der Waals surface area contributed by atoms with Gasteiger partial charge in [-0.2, -0.15) is 0 Å². The monoisotopic (exact) mass is 466 g/mol. The Morgan fingerprint density at radius 1 is 1.19 bits per heavy atom. The molecule has 3 aliphatic rings. The van der Waals surface area contributed by atoms with E-state index >= 15 is 0 Å². The molecule has 0 spiro atoms. The fourth-order valence-corrected chi connectivity index (χ4v) is 4.21. The van der Waals surface area contributed by atoms with Crippen LogP contribution in [-0.2, 0) is 0 Å². The zero-order chi connectivity index (χ0) is 17.1. The molecule has 2 aliphatic heterocycles. The molecule has 1 aromatic carbocycles. The van der Waals surface area contributed by atoms with Crippen LogP contribution in [-0.4, -0.2) is 61.1 Å². The highest BCUT2D eigenvalue weighted by Gasteiger charge is 2.38. The Morgan fingerprint density at radius 2 is 1.96 bits per heavy atom. The molecule has 0 amide bonds. The third-order valence-electron chi connectivity index (χ3n) is 5.79. The summed E-state index contributed by atoms with van der Waals surface area (Å²) in [5.41, 5.74) is 1.48. The molecule has 1 N–H and O–H groups in total. The van der Waals surface area contributed by atoms with Gasteiger partial charge >= 0.3 is 0 Å². The predicted molar refractivity (Wildman–Crippen MR) is 119 cm³/mol. The summed E-state index contributed by atoms with van der Waals surface area (Å²) in [5, 5.41) is 3.52. The molecule has 1 saturated carbocycles. The number of halogens is 1. The Kier molecular flexibility index (Phi) is 6.98. The maximum Gasteiger partial charge on any atom is 0.193 e. The maximum atomic E-state index is 4.99. The van der Waals surface area contributed by atoms with Crippen molar-refractivity contribution in [2.24, 2.45) is 10.9 Å². The van der Waals surface area contributed by atoms with Crippen LogP contribution in [0.2, 0.25) is 0 Å². The first-order valence-electron chi connectivity index (χ1n) is 9.82. The predicted octanol–water partition coefficient (Wildman–Crippen LogP) is 3.32. The number of nitrogens with one attached hydrogen (secondary N) is 1. The van der Waals surface area contributed by atoms with E-state index in [1.165, 1.54) is 18.4 Å². The summed E-state index contributed by atoms with van der Waals surface area (Å²) in [6.07, 6.45) is 7.12. The Bertz CT molecular complexity index is 622. The van der Waals surface area contributed by atoms with E-state index in [0.29, 0.717) is 6.04 Å². The van der Waals surface area contributed by atoms with Gasteiger partial charge in [0.15, 0.2) is 5.96 Å². The van der Waals surface area contributed by atoms with E-state index < -0.39 is 0 Å². The molecule has 4 rings (SSSR count). The summed E-state index contributed by atoms with van der Waals surface area (Å²) in [7, 11) is 0. The second kappa shape index (κ2) is 9.22. The molecule has 2 fully saturated rings. The van der Waals surface area contributed by atoms with Gasteiger partial charge in [0.2, 0.25) is 0 Å². The molecule has 1 aromatic rings. The van der Waals surface area contributed by atoms with Crippen molar-refractivity contribution in [2.45, 2.75) is 31.7 Å². The number of hydrogen-bond acceptors (Lipinski definition) is 2. The van der Waals surface area contributed by atoms with Crippen molar-refractivity contribution < 1.29 is 0 Å². The lowest BCUT2D eigenvalue weighted by molar-refractivity contribution is 0.259. The number of aliphatic imine (C=N–C) groups is 1. The van der Waals surface area contributed by atoms with E-state index in [-0.39, 0.29) is 24.0 Å². The van der Waals surface area contributed by atoms with E-state index in [4.69, 9.17) is 4.99 Å². The first-order chi connectivity index (χ1) is 12.3. The van der Waals surface area contributed by atoms with Crippen LogP contribution in [0.15, 0.2) is 47.5 Å². The van der Waals surface area contributed by atoms with Crippen molar-refractivity contribution in [3.63, 3.8) is 0 Å². The number of nitrogens with zero attached hydrogens (tertiary/aromatic N) is 3. The van der Waals surface area contributed by atoms with Crippen molar-refractivity contribution in [2.75, 3.05) is 39.3 Å². The summed E-state index contributed by atoms with van der Waals surface area (Å²) in [6, 6.07) is 11.6. The molecular formula is C21H31IN4. The summed E-state index contributed by atoms with van der Waals surface area (Å²) in [4.78, 5) is 10.0. The average Bonchev–Trinajstić information content (AvgIpc) is 3.04. The van der Waals surface area contributed by atoms with Crippen molar-refractivity contribution in [3.05, 3.63) is 48.0 Å². The van der Waals surface area contributed by atoms with Crippen molar-refractivity contribution in [1.82, 2.24) is 15.1 Å². The lowest BCUT2D eigenvalue weighted by Crippen LogP contribution is -2.43. The lowest BCUT2D eigenvalue weighted by atomic mass is 10.1. The normalized spacial score (nSPS) is 28.3. The number of likely N-dealkylation sites (tertiary alicyclic amines) is 1. The molecule has 26 heavy (non-hydrogen) atoms. The molecule has 3 unspecified atom stereocenters. The molecule has 3 atom stereocenters. The SMILES string of the molecule is CCNC(=NCC1CC1c1ccccc1)N1CCC(N2CC=CC2)C1.I. The second-order valence-electron chi connectivity index (χ2n) is 7.52. The zero-order valence-corrected chi connectivity index (χ0v) is 18.0. The van der Waals surface area contributed by atoms with Gasteiger partial charge in [-0.3, -0.25) is 9.89 Å². The molecular weight excluding hydrogens is 435 g/mol.